The van der Waals surface area contributed by atoms with Crippen molar-refractivity contribution >= 4 is 11.6 Å². The average molecular weight is 210 g/mol. The topological polar surface area (TPSA) is 12.0 Å². The van der Waals surface area contributed by atoms with Crippen LogP contribution in [0.5, 0.6) is 0 Å². The van der Waals surface area contributed by atoms with E-state index < -0.39 is 0 Å². The van der Waals surface area contributed by atoms with E-state index in [0.29, 0.717) is 12.0 Å². The highest BCUT2D eigenvalue weighted by atomic mass is 35.5. The molecule has 2 atom stereocenters. The van der Waals surface area contributed by atoms with Crippen LogP contribution in [0.3, 0.4) is 0 Å². The second-order valence-electron chi connectivity index (χ2n) is 4.24. The van der Waals surface area contributed by atoms with E-state index in [4.69, 9.17) is 11.6 Å². The fraction of sp³-hybridized carbons (Fsp3) is 0.500. The highest BCUT2D eigenvalue weighted by molar-refractivity contribution is 6.30. The maximum Gasteiger partial charge on any atom is 0.0408 e. The Morgan fingerprint density at radius 2 is 2.21 bits per heavy atom. The molecule has 1 N–H and O–H groups in total. The maximum atomic E-state index is 5.94. The zero-order valence-corrected chi connectivity index (χ0v) is 9.43. The molecule has 1 fully saturated rings. The van der Waals surface area contributed by atoms with Gasteiger partial charge in [0.25, 0.3) is 0 Å². The monoisotopic (exact) mass is 209 g/mol. The maximum absolute atomic E-state index is 5.94. The number of rotatable bonds is 1. The van der Waals surface area contributed by atoms with Gasteiger partial charge in [-0.3, -0.25) is 0 Å². The first-order chi connectivity index (χ1) is 6.66. The third kappa shape index (κ3) is 1.94. The summed E-state index contributed by atoms with van der Waals surface area (Å²) in [6.07, 6.45) is 1.24. The van der Waals surface area contributed by atoms with Gasteiger partial charge < -0.3 is 5.32 Å². The summed E-state index contributed by atoms with van der Waals surface area (Å²) in [4.78, 5) is 0. The molecule has 76 valence electrons. The van der Waals surface area contributed by atoms with E-state index in [0.717, 1.165) is 11.6 Å². The minimum Gasteiger partial charge on any atom is -0.314 e. The van der Waals surface area contributed by atoms with Gasteiger partial charge in [0.05, 0.1) is 0 Å². The molecule has 0 aliphatic carbocycles. The van der Waals surface area contributed by atoms with Crippen molar-refractivity contribution in [1.82, 2.24) is 5.32 Å². The molecule has 1 heterocycles. The van der Waals surface area contributed by atoms with Gasteiger partial charge in [-0.25, -0.2) is 0 Å². The molecule has 14 heavy (non-hydrogen) atoms. The third-order valence-corrected chi connectivity index (χ3v) is 3.26. The van der Waals surface area contributed by atoms with Crippen LogP contribution in [0.2, 0.25) is 5.02 Å². The predicted octanol–water partition coefficient (Wildman–Crippen LogP) is 3.11. The Bertz CT molecular complexity index is 335. The van der Waals surface area contributed by atoms with Crippen LogP contribution in [0, 0.1) is 6.92 Å². The number of nitrogens with one attached hydrogen (secondary N) is 1. The molecule has 1 aliphatic rings. The second kappa shape index (κ2) is 3.92. The number of aryl methyl sites for hydroxylation is 1. The Balaban J connectivity index is 2.24. The zero-order chi connectivity index (χ0) is 10.1. The zero-order valence-electron chi connectivity index (χ0n) is 8.68. The molecule has 0 spiro atoms. The van der Waals surface area contributed by atoms with E-state index in [-0.39, 0.29) is 0 Å². The molecule has 0 aromatic heterocycles. The largest absolute Gasteiger partial charge is 0.314 e. The summed E-state index contributed by atoms with van der Waals surface area (Å²) in [6.45, 7) is 5.49. The molecule has 1 saturated heterocycles. The molecule has 2 unspecified atom stereocenters. The molecule has 2 heteroatoms. The minimum absolute atomic E-state index is 0.648. The van der Waals surface area contributed by atoms with E-state index in [2.05, 4.69) is 31.3 Å². The molecule has 1 nitrogen and oxygen atoms in total. The Labute approximate surface area is 90.5 Å². The highest BCUT2D eigenvalue weighted by Crippen LogP contribution is 2.29. The first-order valence-electron chi connectivity index (χ1n) is 5.16. The lowest BCUT2D eigenvalue weighted by Gasteiger charge is -2.12. The van der Waals surface area contributed by atoms with Crippen LogP contribution in [0.25, 0.3) is 0 Å². The molecule has 1 aromatic carbocycles. The molecule has 0 bridgehead atoms. The van der Waals surface area contributed by atoms with Gasteiger partial charge in [-0.1, -0.05) is 17.7 Å². The lowest BCUT2D eigenvalue weighted by Crippen LogP contribution is -2.16. The minimum atomic E-state index is 0.648. The van der Waals surface area contributed by atoms with Gasteiger partial charge in [0.15, 0.2) is 0 Å². The number of halogens is 1. The van der Waals surface area contributed by atoms with Crippen LogP contribution in [-0.4, -0.2) is 12.6 Å². The molecular formula is C12H16ClN. The van der Waals surface area contributed by atoms with Crippen molar-refractivity contribution in [2.24, 2.45) is 0 Å². The average Bonchev–Trinajstić information content (AvgIpc) is 2.51. The Morgan fingerprint density at radius 3 is 2.79 bits per heavy atom. The molecule has 0 radical (unpaired) electrons. The van der Waals surface area contributed by atoms with Gasteiger partial charge >= 0.3 is 0 Å². The quantitative estimate of drug-likeness (QED) is 0.750. The van der Waals surface area contributed by atoms with Gasteiger partial charge in [0.2, 0.25) is 0 Å². The van der Waals surface area contributed by atoms with E-state index in [9.17, 15) is 0 Å². The number of hydrogen-bond donors (Lipinski definition) is 1. The van der Waals surface area contributed by atoms with Gasteiger partial charge in [0, 0.05) is 17.6 Å². The molecule has 1 aromatic rings. The van der Waals surface area contributed by atoms with Gasteiger partial charge in [-0.2, -0.15) is 0 Å². The van der Waals surface area contributed by atoms with Crippen molar-refractivity contribution in [1.29, 1.82) is 0 Å². The van der Waals surface area contributed by atoms with Crippen molar-refractivity contribution in [3.63, 3.8) is 0 Å². The number of benzene rings is 1. The summed E-state index contributed by atoms with van der Waals surface area (Å²) < 4.78 is 0. The van der Waals surface area contributed by atoms with Gasteiger partial charge in [0.1, 0.15) is 0 Å². The SMILES string of the molecule is Cc1cc(Cl)ccc1C1CNC(C)C1. The van der Waals surface area contributed by atoms with Crippen LogP contribution < -0.4 is 5.32 Å². The van der Waals surface area contributed by atoms with E-state index in [1.54, 1.807) is 0 Å². The standard InChI is InChI=1S/C12H16ClN/c1-8-5-11(13)3-4-12(8)10-6-9(2)14-7-10/h3-5,9-10,14H,6-7H2,1-2H3. The normalized spacial score (nSPS) is 26.8. The summed E-state index contributed by atoms with van der Waals surface area (Å²) in [5, 5.41) is 4.32. The lowest BCUT2D eigenvalue weighted by atomic mass is 9.93. The van der Waals surface area contributed by atoms with Crippen molar-refractivity contribution in [3.8, 4) is 0 Å². The van der Waals surface area contributed by atoms with E-state index >= 15 is 0 Å². The van der Waals surface area contributed by atoms with Gasteiger partial charge in [-0.05, 0) is 49.4 Å². The Kier molecular flexibility index (Phi) is 2.80. The summed E-state index contributed by atoms with van der Waals surface area (Å²) in [6, 6.07) is 6.87. The fourth-order valence-electron chi connectivity index (χ4n) is 2.27. The number of hydrogen-bond acceptors (Lipinski definition) is 1. The first kappa shape index (κ1) is 10.0. The molecular weight excluding hydrogens is 194 g/mol. The Hall–Kier alpha value is -0.530. The lowest BCUT2D eigenvalue weighted by molar-refractivity contribution is 0.658. The van der Waals surface area contributed by atoms with Crippen LogP contribution in [0.1, 0.15) is 30.4 Å². The second-order valence-corrected chi connectivity index (χ2v) is 4.68. The van der Waals surface area contributed by atoms with Crippen LogP contribution in [0.15, 0.2) is 18.2 Å². The van der Waals surface area contributed by atoms with Crippen molar-refractivity contribution in [2.75, 3.05) is 6.54 Å². The van der Waals surface area contributed by atoms with Crippen LogP contribution in [0.4, 0.5) is 0 Å². The summed E-state index contributed by atoms with van der Waals surface area (Å²) in [5.74, 6) is 0.669. The summed E-state index contributed by atoms with van der Waals surface area (Å²) in [5.41, 5.74) is 2.77. The van der Waals surface area contributed by atoms with Crippen molar-refractivity contribution in [2.45, 2.75) is 32.2 Å². The van der Waals surface area contributed by atoms with E-state index in [1.165, 1.54) is 17.5 Å². The molecule has 1 aliphatic heterocycles. The first-order valence-corrected chi connectivity index (χ1v) is 5.54. The molecule has 2 rings (SSSR count). The molecule has 0 saturated carbocycles. The molecule has 0 amide bonds. The van der Waals surface area contributed by atoms with Crippen LogP contribution >= 0.6 is 11.6 Å². The van der Waals surface area contributed by atoms with Crippen LogP contribution in [-0.2, 0) is 0 Å². The summed E-state index contributed by atoms with van der Waals surface area (Å²) in [7, 11) is 0. The van der Waals surface area contributed by atoms with Gasteiger partial charge in [-0.15, -0.1) is 0 Å². The summed E-state index contributed by atoms with van der Waals surface area (Å²) >= 11 is 5.94. The smallest absolute Gasteiger partial charge is 0.0408 e. The van der Waals surface area contributed by atoms with Crippen molar-refractivity contribution < 1.29 is 0 Å². The third-order valence-electron chi connectivity index (χ3n) is 3.02. The fourth-order valence-corrected chi connectivity index (χ4v) is 2.50. The predicted molar refractivity (Wildman–Crippen MR) is 61.0 cm³/mol. The highest BCUT2D eigenvalue weighted by Gasteiger charge is 2.23. The van der Waals surface area contributed by atoms with E-state index in [1.807, 2.05) is 6.07 Å². The van der Waals surface area contributed by atoms with Crippen molar-refractivity contribution in [3.05, 3.63) is 34.3 Å². The Morgan fingerprint density at radius 1 is 1.43 bits per heavy atom.